The van der Waals surface area contributed by atoms with Gasteiger partial charge in [-0.2, -0.15) is 0 Å². The molecule has 10 nitrogen and oxygen atoms in total. The minimum Gasteiger partial charge on any atom is -0.494 e. The molecule has 2 aromatic carbocycles. The SMILES string of the molecule is CCCCOC(=O)[C@H](Cc1ccc(OCCCC)cc1)NC(=O)CCOCCOCCNC(=O)OCc1ccccc1. The first-order valence-electron chi connectivity index (χ1n) is 14.8. The summed E-state index contributed by atoms with van der Waals surface area (Å²) in [5, 5.41) is 5.41. The van der Waals surface area contributed by atoms with E-state index in [9.17, 15) is 14.4 Å². The lowest BCUT2D eigenvalue weighted by atomic mass is 10.1. The molecule has 0 saturated carbocycles. The van der Waals surface area contributed by atoms with Crippen LogP contribution < -0.4 is 15.4 Å². The Hall–Kier alpha value is -3.63. The zero-order chi connectivity index (χ0) is 30.3. The molecule has 42 heavy (non-hydrogen) atoms. The lowest BCUT2D eigenvalue weighted by Crippen LogP contribution is -2.43. The van der Waals surface area contributed by atoms with Gasteiger partial charge in [0.05, 0.1) is 39.6 Å². The quantitative estimate of drug-likeness (QED) is 0.152. The average molecular weight is 587 g/mol. The molecule has 0 aromatic heterocycles. The predicted octanol–water partition coefficient (Wildman–Crippen LogP) is 4.59. The standard InChI is InChI=1S/C32H46N2O8/c1-3-5-18-40-28-14-12-26(13-15-28)24-29(31(36)41-19-6-4-2)34-30(35)16-20-38-22-23-39-21-17-33-32(37)42-25-27-10-8-7-9-11-27/h7-15,29H,3-6,16-25H2,1-2H3,(H,33,37)(H,34,35)/t29-/m0/s1. The van der Waals surface area contributed by atoms with Crippen LogP contribution in [0.25, 0.3) is 0 Å². The van der Waals surface area contributed by atoms with Crippen molar-refractivity contribution in [3.63, 3.8) is 0 Å². The van der Waals surface area contributed by atoms with Crippen molar-refractivity contribution in [3.05, 3.63) is 65.7 Å². The smallest absolute Gasteiger partial charge is 0.407 e. The Kier molecular flexibility index (Phi) is 18.1. The van der Waals surface area contributed by atoms with Gasteiger partial charge in [-0.1, -0.05) is 69.2 Å². The third kappa shape index (κ3) is 16.0. The van der Waals surface area contributed by atoms with E-state index < -0.39 is 18.1 Å². The molecule has 2 aromatic rings. The van der Waals surface area contributed by atoms with Crippen LogP contribution in [0.15, 0.2) is 54.6 Å². The first-order chi connectivity index (χ1) is 20.5. The van der Waals surface area contributed by atoms with Gasteiger partial charge in [0.1, 0.15) is 18.4 Å². The van der Waals surface area contributed by atoms with Gasteiger partial charge in [0.2, 0.25) is 5.91 Å². The van der Waals surface area contributed by atoms with Gasteiger partial charge in [-0.15, -0.1) is 0 Å². The number of nitrogens with one attached hydrogen (secondary N) is 2. The Morgan fingerprint density at radius 1 is 0.738 bits per heavy atom. The molecule has 0 bridgehead atoms. The number of rotatable bonds is 22. The highest BCUT2D eigenvalue weighted by atomic mass is 16.6. The van der Waals surface area contributed by atoms with Crippen molar-refractivity contribution < 1.29 is 38.1 Å². The molecule has 0 aliphatic carbocycles. The van der Waals surface area contributed by atoms with Gasteiger partial charge < -0.3 is 34.3 Å². The Morgan fingerprint density at radius 3 is 2.14 bits per heavy atom. The minimum atomic E-state index is -0.795. The summed E-state index contributed by atoms with van der Waals surface area (Å²) in [5.74, 6) is 0.0232. The fourth-order valence-electron chi connectivity index (χ4n) is 3.66. The Morgan fingerprint density at radius 2 is 1.43 bits per heavy atom. The molecule has 0 saturated heterocycles. The molecule has 0 unspecified atom stereocenters. The number of carbonyl (C=O) groups excluding carboxylic acids is 3. The summed E-state index contributed by atoms with van der Waals surface area (Å²) in [7, 11) is 0. The Bertz CT molecular complexity index is 1020. The highest BCUT2D eigenvalue weighted by Crippen LogP contribution is 2.15. The van der Waals surface area contributed by atoms with Crippen molar-refractivity contribution in [1.82, 2.24) is 10.6 Å². The van der Waals surface area contributed by atoms with Crippen molar-refractivity contribution in [2.45, 2.75) is 65.0 Å². The van der Waals surface area contributed by atoms with Crippen molar-refractivity contribution >= 4 is 18.0 Å². The molecule has 0 radical (unpaired) electrons. The molecule has 10 heteroatoms. The first kappa shape index (κ1) is 34.6. The van der Waals surface area contributed by atoms with Gasteiger partial charge in [0, 0.05) is 19.4 Å². The molecule has 0 aliphatic rings. The molecule has 2 amide bonds. The highest BCUT2D eigenvalue weighted by Gasteiger charge is 2.22. The summed E-state index contributed by atoms with van der Waals surface area (Å²) < 4.78 is 27.1. The van der Waals surface area contributed by atoms with Gasteiger partial charge in [0.25, 0.3) is 0 Å². The van der Waals surface area contributed by atoms with Crippen molar-refractivity contribution in [2.24, 2.45) is 0 Å². The molecule has 0 fully saturated rings. The summed E-state index contributed by atoms with van der Waals surface area (Å²) in [6, 6.07) is 16.2. The maximum absolute atomic E-state index is 12.7. The van der Waals surface area contributed by atoms with E-state index >= 15 is 0 Å². The fourth-order valence-corrected chi connectivity index (χ4v) is 3.66. The summed E-state index contributed by atoms with van der Waals surface area (Å²) >= 11 is 0. The second-order valence-electron chi connectivity index (χ2n) is 9.65. The van der Waals surface area contributed by atoms with Gasteiger partial charge in [-0.25, -0.2) is 9.59 Å². The number of amides is 2. The molecule has 0 spiro atoms. The molecular weight excluding hydrogens is 540 g/mol. The number of carbonyl (C=O) groups is 3. The van der Waals surface area contributed by atoms with Crippen LogP contribution in [-0.4, -0.2) is 70.2 Å². The van der Waals surface area contributed by atoms with Crippen LogP contribution in [0, 0.1) is 0 Å². The maximum Gasteiger partial charge on any atom is 0.407 e. The van der Waals surface area contributed by atoms with Crippen molar-refractivity contribution in [3.8, 4) is 5.75 Å². The lowest BCUT2D eigenvalue weighted by molar-refractivity contribution is -0.148. The van der Waals surface area contributed by atoms with Crippen LogP contribution in [0.4, 0.5) is 4.79 Å². The normalized spacial score (nSPS) is 11.4. The third-order valence-electron chi connectivity index (χ3n) is 6.07. The van der Waals surface area contributed by atoms with Crippen LogP contribution in [-0.2, 0) is 41.6 Å². The van der Waals surface area contributed by atoms with Crippen molar-refractivity contribution in [1.29, 1.82) is 0 Å². The number of unbranched alkanes of at least 4 members (excludes halogenated alkanes) is 2. The lowest BCUT2D eigenvalue weighted by Gasteiger charge is -2.18. The Balaban J connectivity index is 1.62. The van der Waals surface area contributed by atoms with E-state index in [4.69, 9.17) is 23.7 Å². The number of esters is 1. The molecule has 2 rings (SSSR count). The van der Waals surface area contributed by atoms with Gasteiger partial charge in [-0.05, 0) is 36.1 Å². The molecule has 0 aliphatic heterocycles. The highest BCUT2D eigenvalue weighted by molar-refractivity contribution is 5.84. The zero-order valence-electron chi connectivity index (χ0n) is 24.9. The van der Waals surface area contributed by atoms with E-state index in [2.05, 4.69) is 17.6 Å². The molecule has 2 N–H and O–H groups in total. The second-order valence-corrected chi connectivity index (χ2v) is 9.65. The zero-order valence-corrected chi connectivity index (χ0v) is 24.9. The van der Waals surface area contributed by atoms with E-state index in [1.54, 1.807) is 0 Å². The monoisotopic (exact) mass is 586 g/mol. The van der Waals surface area contributed by atoms with Gasteiger partial charge in [0.15, 0.2) is 0 Å². The van der Waals surface area contributed by atoms with E-state index in [1.165, 1.54) is 0 Å². The number of hydrogen-bond acceptors (Lipinski definition) is 8. The summed E-state index contributed by atoms with van der Waals surface area (Å²) in [5.41, 5.74) is 1.80. The van der Waals surface area contributed by atoms with E-state index in [0.717, 1.165) is 42.6 Å². The van der Waals surface area contributed by atoms with E-state index in [-0.39, 0.29) is 25.5 Å². The number of hydrogen-bond donors (Lipinski definition) is 2. The predicted molar refractivity (Wildman–Crippen MR) is 159 cm³/mol. The summed E-state index contributed by atoms with van der Waals surface area (Å²) in [6.45, 7) is 6.71. The van der Waals surface area contributed by atoms with Gasteiger partial charge in [-0.3, -0.25) is 4.79 Å². The fraction of sp³-hybridized carbons (Fsp3) is 0.531. The number of benzene rings is 2. The largest absolute Gasteiger partial charge is 0.494 e. The van der Waals surface area contributed by atoms with E-state index in [0.29, 0.717) is 46.0 Å². The molecular formula is C32H46N2O8. The second kappa shape index (κ2) is 22.0. The van der Waals surface area contributed by atoms with Crippen LogP contribution in [0.5, 0.6) is 5.75 Å². The molecule has 0 heterocycles. The van der Waals surface area contributed by atoms with Crippen LogP contribution >= 0.6 is 0 Å². The van der Waals surface area contributed by atoms with E-state index in [1.807, 2.05) is 61.5 Å². The molecule has 232 valence electrons. The first-order valence-corrected chi connectivity index (χ1v) is 14.8. The van der Waals surface area contributed by atoms with Gasteiger partial charge >= 0.3 is 12.1 Å². The average Bonchev–Trinajstić information content (AvgIpc) is 3.00. The number of ether oxygens (including phenoxy) is 5. The maximum atomic E-state index is 12.7. The molecule has 1 atom stereocenters. The van der Waals surface area contributed by atoms with Crippen LogP contribution in [0.2, 0.25) is 0 Å². The van der Waals surface area contributed by atoms with Crippen LogP contribution in [0.3, 0.4) is 0 Å². The minimum absolute atomic E-state index is 0.0950. The Labute approximate surface area is 249 Å². The van der Waals surface area contributed by atoms with Crippen molar-refractivity contribution in [2.75, 3.05) is 46.2 Å². The van der Waals surface area contributed by atoms with Crippen LogP contribution in [0.1, 0.15) is 57.1 Å². The topological polar surface area (TPSA) is 121 Å². The summed E-state index contributed by atoms with van der Waals surface area (Å²) in [4.78, 5) is 37.0. The number of alkyl carbamates (subject to hydrolysis) is 1. The third-order valence-corrected chi connectivity index (χ3v) is 6.07. The summed E-state index contributed by atoms with van der Waals surface area (Å²) in [6.07, 6.45) is 3.62.